The molecule has 70 valence electrons. The fourth-order valence-electron chi connectivity index (χ4n) is 0.741. The maximum absolute atomic E-state index is 12.0. The van der Waals surface area contributed by atoms with Crippen molar-refractivity contribution in [3.05, 3.63) is 21.9 Å². The zero-order chi connectivity index (χ0) is 10.1. The number of rotatable bonds is 1. The van der Waals surface area contributed by atoms with Gasteiger partial charge in [-0.15, -0.1) is 11.3 Å². The molecule has 1 rings (SSSR count). The van der Waals surface area contributed by atoms with E-state index in [9.17, 15) is 13.2 Å². The summed E-state index contributed by atoms with van der Waals surface area (Å²) in [6.45, 7) is 0. The first-order valence-electron chi connectivity index (χ1n) is 3.27. The van der Waals surface area contributed by atoms with Crippen LogP contribution in [0.2, 0.25) is 0 Å². The molecule has 0 saturated carbocycles. The molecule has 0 aromatic carbocycles. The van der Waals surface area contributed by atoms with Crippen LogP contribution in [0.5, 0.6) is 0 Å². The molecule has 0 spiro atoms. The van der Waals surface area contributed by atoms with Crippen LogP contribution >= 0.6 is 11.3 Å². The summed E-state index contributed by atoms with van der Waals surface area (Å²) in [7, 11) is 0. The van der Waals surface area contributed by atoms with Crippen LogP contribution in [0.25, 0.3) is 0 Å². The van der Waals surface area contributed by atoms with Crippen LogP contribution in [-0.2, 0) is 0 Å². The molecule has 1 heterocycles. The number of nitriles is 1. The molecular weight excluding hydrogens is 201 g/mol. The summed E-state index contributed by atoms with van der Waals surface area (Å²) in [5.41, 5.74) is 4.92. The fraction of sp³-hybridized carbons (Fsp3) is 0.286. The fourth-order valence-corrected chi connectivity index (χ4v) is 1.57. The first-order valence-corrected chi connectivity index (χ1v) is 4.09. The molecule has 2 nitrogen and oxygen atoms in total. The van der Waals surface area contributed by atoms with Crippen LogP contribution in [0.1, 0.15) is 15.8 Å². The Balaban J connectivity index is 2.91. The smallest absolute Gasteiger partial charge is 0.316 e. The summed E-state index contributed by atoms with van der Waals surface area (Å²) < 4.78 is 36.1. The monoisotopic (exact) mass is 206 g/mol. The van der Waals surface area contributed by atoms with Crippen molar-refractivity contribution in [3.8, 4) is 6.07 Å². The molecule has 0 amide bonds. The van der Waals surface area contributed by atoms with Gasteiger partial charge in [0, 0.05) is 4.88 Å². The van der Waals surface area contributed by atoms with Gasteiger partial charge in [-0.2, -0.15) is 18.4 Å². The van der Waals surface area contributed by atoms with Gasteiger partial charge in [0.2, 0.25) is 0 Å². The van der Waals surface area contributed by atoms with E-state index in [1.165, 1.54) is 12.1 Å². The van der Waals surface area contributed by atoms with Gasteiger partial charge in [-0.1, -0.05) is 0 Å². The number of alkyl halides is 3. The van der Waals surface area contributed by atoms with Crippen LogP contribution in [-0.4, -0.2) is 6.18 Å². The van der Waals surface area contributed by atoms with Crippen molar-refractivity contribution in [1.82, 2.24) is 0 Å². The molecule has 0 radical (unpaired) electrons. The molecule has 0 bridgehead atoms. The molecule has 0 aliphatic heterocycles. The Hall–Kier alpha value is -1.06. The van der Waals surface area contributed by atoms with E-state index in [1.54, 1.807) is 6.07 Å². The first kappa shape index (κ1) is 10.0. The lowest BCUT2D eigenvalue weighted by Gasteiger charge is -2.12. The number of hydrogen-bond acceptors (Lipinski definition) is 3. The number of nitrogens with zero attached hydrogens (tertiary/aromatic N) is 1. The third-order valence-electron chi connectivity index (χ3n) is 1.40. The maximum Gasteiger partial charge on any atom is 0.408 e. The molecule has 0 fully saturated rings. The summed E-state index contributed by atoms with van der Waals surface area (Å²) in [5, 5.41) is 8.37. The molecule has 13 heavy (non-hydrogen) atoms. The normalized spacial score (nSPS) is 13.8. The van der Waals surface area contributed by atoms with Gasteiger partial charge in [0.1, 0.15) is 17.0 Å². The summed E-state index contributed by atoms with van der Waals surface area (Å²) >= 11 is 0.762. The topological polar surface area (TPSA) is 49.8 Å². The van der Waals surface area contributed by atoms with Gasteiger partial charge in [0.15, 0.2) is 0 Å². The van der Waals surface area contributed by atoms with Crippen molar-refractivity contribution in [2.24, 2.45) is 5.73 Å². The third-order valence-corrected chi connectivity index (χ3v) is 2.47. The van der Waals surface area contributed by atoms with Gasteiger partial charge in [-0.3, -0.25) is 0 Å². The molecule has 1 aromatic heterocycles. The van der Waals surface area contributed by atoms with Gasteiger partial charge in [-0.05, 0) is 12.1 Å². The quantitative estimate of drug-likeness (QED) is 0.765. The predicted octanol–water partition coefficient (Wildman–Crippen LogP) is 2.18. The first-order chi connectivity index (χ1) is 5.95. The molecule has 1 atom stereocenters. The van der Waals surface area contributed by atoms with E-state index in [2.05, 4.69) is 0 Å². The summed E-state index contributed by atoms with van der Waals surface area (Å²) in [4.78, 5) is 0.193. The van der Waals surface area contributed by atoms with Gasteiger partial charge in [0.05, 0.1) is 0 Å². The van der Waals surface area contributed by atoms with Gasteiger partial charge in [-0.25, -0.2) is 0 Å². The lowest BCUT2D eigenvalue weighted by atomic mass is 10.2. The van der Waals surface area contributed by atoms with Crippen molar-refractivity contribution in [1.29, 1.82) is 5.26 Å². The Morgan fingerprint density at radius 2 is 2.08 bits per heavy atom. The van der Waals surface area contributed by atoms with E-state index >= 15 is 0 Å². The second-order valence-electron chi connectivity index (χ2n) is 2.33. The minimum Gasteiger partial charge on any atom is -0.316 e. The predicted molar refractivity (Wildman–Crippen MR) is 42.0 cm³/mol. The molecule has 0 aliphatic rings. The molecule has 2 N–H and O–H groups in total. The molecule has 1 unspecified atom stereocenters. The van der Waals surface area contributed by atoms with Crippen LogP contribution in [0.15, 0.2) is 12.1 Å². The van der Waals surface area contributed by atoms with Crippen LogP contribution in [0.4, 0.5) is 13.2 Å². The Morgan fingerprint density at radius 1 is 1.46 bits per heavy atom. The summed E-state index contributed by atoms with van der Waals surface area (Å²) in [6.07, 6.45) is -4.45. The van der Waals surface area contributed by atoms with Gasteiger partial charge >= 0.3 is 6.18 Å². The summed E-state index contributed by atoms with van der Waals surface area (Å²) in [6, 6.07) is 2.31. The Labute approximate surface area is 76.4 Å². The van der Waals surface area contributed by atoms with E-state index in [-0.39, 0.29) is 9.75 Å². The SMILES string of the molecule is N#Cc1ccc(C(N)C(F)(F)F)s1. The van der Waals surface area contributed by atoms with Crippen molar-refractivity contribution in [2.45, 2.75) is 12.2 Å². The van der Waals surface area contributed by atoms with Crippen molar-refractivity contribution in [2.75, 3.05) is 0 Å². The minimum absolute atomic E-state index is 0.0379. The number of halogens is 3. The second-order valence-corrected chi connectivity index (χ2v) is 3.45. The largest absolute Gasteiger partial charge is 0.408 e. The number of thiophene rings is 1. The van der Waals surface area contributed by atoms with Gasteiger partial charge in [0.25, 0.3) is 0 Å². The highest BCUT2D eigenvalue weighted by Gasteiger charge is 2.38. The zero-order valence-corrected chi connectivity index (χ0v) is 7.12. The van der Waals surface area contributed by atoms with Crippen molar-refractivity contribution < 1.29 is 13.2 Å². The van der Waals surface area contributed by atoms with Gasteiger partial charge < -0.3 is 5.73 Å². The number of nitrogens with two attached hydrogens (primary N) is 1. The third kappa shape index (κ3) is 2.20. The summed E-state index contributed by atoms with van der Waals surface area (Å²) in [5.74, 6) is 0. The Bertz CT molecular complexity index is 336. The lowest BCUT2D eigenvalue weighted by molar-refractivity contribution is -0.148. The van der Waals surface area contributed by atoms with E-state index in [0.29, 0.717) is 0 Å². The lowest BCUT2D eigenvalue weighted by Crippen LogP contribution is -2.27. The zero-order valence-electron chi connectivity index (χ0n) is 6.30. The standard InChI is InChI=1S/C7H5F3N2S/c8-7(9,10)6(12)5-2-1-4(3-11)13-5/h1-2,6H,12H2. The average molecular weight is 206 g/mol. The van der Waals surface area contributed by atoms with E-state index < -0.39 is 12.2 Å². The van der Waals surface area contributed by atoms with Crippen LogP contribution < -0.4 is 5.73 Å². The molecule has 6 heteroatoms. The van der Waals surface area contributed by atoms with E-state index in [4.69, 9.17) is 11.0 Å². The molecule has 0 saturated heterocycles. The van der Waals surface area contributed by atoms with Crippen molar-refractivity contribution >= 4 is 11.3 Å². The molecule has 1 aromatic rings. The van der Waals surface area contributed by atoms with Crippen molar-refractivity contribution in [3.63, 3.8) is 0 Å². The Morgan fingerprint density at radius 3 is 2.46 bits per heavy atom. The minimum atomic E-state index is -4.45. The molecular formula is C7H5F3N2S. The molecule has 0 aliphatic carbocycles. The highest BCUT2D eigenvalue weighted by molar-refractivity contribution is 7.12. The second kappa shape index (κ2) is 3.36. The number of hydrogen-bond donors (Lipinski definition) is 1. The maximum atomic E-state index is 12.0. The Kier molecular flexibility index (Phi) is 2.59. The van der Waals surface area contributed by atoms with E-state index in [1.807, 2.05) is 0 Å². The van der Waals surface area contributed by atoms with Crippen LogP contribution in [0, 0.1) is 11.3 Å². The average Bonchev–Trinajstić information content (AvgIpc) is 2.48. The van der Waals surface area contributed by atoms with E-state index in [0.717, 1.165) is 11.3 Å². The van der Waals surface area contributed by atoms with Crippen LogP contribution in [0.3, 0.4) is 0 Å². The highest BCUT2D eigenvalue weighted by Crippen LogP contribution is 2.33. The highest BCUT2D eigenvalue weighted by atomic mass is 32.1.